The summed E-state index contributed by atoms with van der Waals surface area (Å²) >= 11 is 0. The second-order valence-corrected chi connectivity index (χ2v) is 9.08. The van der Waals surface area contributed by atoms with Crippen molar-refractivity contribution >= 4 is 25.9 Å². The summed E-state index contributed by atoms with van der Waals surface area (Å²) < 4.78 is 17.1. The Balaban J connectivity index is 1.82. The molecule has 0 aromatic carbocycles. The number of hydrogen-bond acceptors (Lipinski definition) is 9. The number of pyridine rings is 3. The van der Waals surface area contributed by atoms with Gasteiger partial charge in [-0.25, -0.2) is 0 Å². The molecule has 0 radical (unpaired) electrons. The number of aromatic nitrogens is 3. The Hall–Kier alpha value is -3.92. The molecule has 10 heteroatoms. The van der Waals surface area contributed by atoms with Crippen molar-refractivity contribution in [1.82, 2.24) is 15.0 Å². The molecular weight excluding hydrogens is 424 g/mol. The highest BCUT2D eigenvalue weighted by molar-refractivity contribution is 6.59. The first-order valence-electron chi connectivity index (χ1n) is 9.89. The predicted octanol–water partition coefficient (Wildman–Crippen LogP) is 4.06. The van der Waals surface area contributed by atoms with Crippen LogP contribution in [0.25, 0.3) is 0 Å². The second-order valence-electron chi connectivity index (χ2n) is 6.81. The van der Waals surface area contributed by atoms with Gasteiger partial charge in [-0.15, -0.1) is 0 Å². The standard InChI is InChI=1S/C22H24N6O3Si/c1-17(20-11-5-8-14-23-20)26-29-32(4,30-27-18(2)21-12-6-9-15-24-21)31-28-19(3)22-13-7-10-16-25-22/h5-16H,1-4H3/b26-17-,27-18+,28-19+. The Labute approximate surface area is 187 Å². The van der Waals surface area contributed by atoms with Crippen LogP contribution in [0.1, 0.15) is 37.9 Å². The Kier molecular flexibility index (Phi) is 7.76. The quantitative estimate of drug-likeness (QED) is 0.278. The lowest BCUT2D eigenvalue weighted by Gasteiger charge is -2.18. The van der Waals surface area contributed by atoms with Gasteiger partial charge in [0.2, 0.25) is 0 Å². The van der Waals surface area contributed by atoms with Gasteiger partial charge in [0.05, 0.1) is 17.1 Å². The van der Waals surface area contributed by atoms with Crippen molar-refractivity contribution < 1.29 is 13.6 Å². The van der Waals surface area contributed by atoms with E-state index in [4.69, 9.17) is 13.6 Å². The van der Waals surface area contributed by atoms with Gasteiger partial charge in [-0.05, 0) is 57.2 Å². The predicted molar refractivity (Wildman–Crippen MR) is 124 cm³/mol. The molecule has 0 amide bonds. The monoisotopic (exact) mass is 448 g/mol. The number of rotatable bonds is 9. The molecule has 0 unspecified atom stereocenters. The summed E-state index contributed by atoms with van der Waals surface area (Å²) in [6, 6.07) is 16.6. The number of oxime groups is 3. The van der Waals surface area contributed by atoms with Crippen LogP contribution in [0.4, 0.5) is 0 Å². The molecule has 3 heterocycles. The summed E-state index contributed by atoms with van der Waals surface area (Å²) in [6.45, 7) is 6.98. The molecule has 32 heavy (non-hydrogen) atoms. The minimum Gasteiger partial charge on any atom is -0.373 e. The fraction of sp³-hybridized carbons (Fsp3) is 0.182. The van der Waals surface area contributed by atoms with E-state index in [9.17, 15) is 0 Å². The normalized spacial score (nSPS) is 12.9. The van der Waals surface area contributed by atoms with Crippen molar-refractivity contribution in [2.45, 2.75) is 27.3 Å². The first-order valence-corrected chi connectivity index (χ1v) is 12.1. The van der Waals surface area contributed by atoms with Gasteiger partial charge < -0.3 is 13.6 Å². The van der Waals surface area contributed by atoms with E-state index in [1.54, 1.807) is 45.9 Å². The van der Waals surface area contributed by atoms with Gasteiger partial charge in [0.25, 0.3) is 0 Å². The van der Waals surface area contributed by atoms with Crippen molar-refractivity contribution in [3.63, 3.8) is 0 Å². The van der Waals surface area contributed by atoms with Gasteiger partial charge in [0.1, 0.15) is 17.1 Å². The molecule has 164 valence electrons. The first-order chi connectivity index (χ1) is 15.5. The Morgan fingerprint density at radius 1 is 0.594 bits per heavy atom. The third-order valence-electron chi connectivity index (χ3n) is 4.15. The minimum absolute atomic E-state index is 0.562. The van der Waals surface area contributed by atoms with E-state index in [1.807, 2.05) is 54.6 Å². The molecule has 0 N–H and O–H groups in total. The van der Waals surface area contributed by atoms with Gasteiger partial charge >= 0.3 is 8.80 Å². The SMILES string of the molecule is C/C(=N/O[Si](C)(O/N=C(\C)c1ccccn1)O/N=C(\C)c1ccccn1)c1ccccn1. The summed E-state index contributed by atoms with van der Waals surface area (Å²) in [7, 11) is -3.48. The van der Waals surface area contributed by atoms with Crippen molar-refractivity contribution in [1.29, 1.82) is 0 Å². The maximum atomic E-state index is 5.71. The molecule has 3 aromatic heterocycles. The van der Waals surface area contributed by atoms with Crippen LogP contribution in [-0.4, -0.2) is 40.9 Å². The van der Waals surface area contributed by atoms with E-state index in [0.29, 0.717) is 34.2 Å². The molecule has 9 nitrogen and oxygen atoms in total. The van der Waals surface area contributed by atoms with Crippen LogP contribution in [0, 0.1) is 0 Å². The fourth-order valence-corrected chi connectivity index (χ4v) is 3.38. The van der Waals surface area contributed by atoms with Crippen molar-refractivity contribution in [2.75, 3.05) is 0 Å². The maximum Gasteiger partial charge on any atom is 0.759 e. The van der Waals surface area contributed by atoms with Gasteiger partial charge in [-0.3, -0.25) is 15.0 Å². The van der Waals surface area contributed by atoms with Crippen molar-refractivity contribution in [3.05, 3.63) is 90.3 Å². The Morgan fingerprint density at radius 2 is 0.906 bits per heavy atom. The Morgan fingerprint density at radius 3 is 1.16 bits per heavy atom. The van der Waals surface area contributed by atoms with Crippen LogP contribution in [0.2, 0.25) is 6.55 Å². The highest BCUT2D eigenvalue weighted by atomic mass is 28.4. The van der Waals surface area contributed by atoms with Crippen LogP contribution >= 0.6 is 0 Å². The van der Waals surface area contributed by atoms with E-state index in [1.165, 1.54) is 0 Å². The molecule has 0 bridgehead atoms. The first kappa shape index (κ1) is 22.8. The molecule has 0 fully saturated rings. The molecule has 0 aliphatic heterocycles. The van der Waals surface area contributed by atoms with E-state index in [0.717, 1.165) is 0 Å². The number of hydrogen-bond donors (Lipinski definition) is 0. The van der Waals surface area contributed by atoms with E-state index < -0.39 is 8.80 Å². The molecule has 0 aliphatic carbocycles. The largest absolute Gasteiger partial charge is 0.759 e. The zero-order valence-electron chi connectivity index (χ0n) is 18.3. The molecule has 3 rings (SSSR count). The molecule has 0 saturated carbocycles. The molecular formula is C22H24N6O3Si. The third kappa shape index (κ3) is 6.54. The molecule has 0 atom stereocenters. The van der Waals surface area contributed by atoms with Crippen LogP contribution in [0.15, 0.2) is 88.7 Å². The summed E-state index contributed by atoms with van der Waals surface area (Å²) in [5.74, 6) is 0. The van der Waals surface area contributed by atoms with Gasteiger partial charge in [0, 0.05) is 25.1 Å². The highest BCUT2D eigenvalue weighted by Gasteiger charge is 2.45. The average molecular weight is 449 g/mol. The Bertz CT molecular complexity index is 953. The summed E-state index contributed by atoms with van der Waals surface area (Å²) in [6.07, 6.45) is 5.04. The summed E-state index contributed by atoms with van der Waals surface area (Å²) in [5, 5.41) is 12.5. The third-order valence-corrected chi connectivity index (χ3v) is 5.42. The number of nitrogens with zero attached hydrogens (tertiary/aromatic N) is 6. The lowest BCUT2D eigenvalue weighted by atomic mass is 10.3. The average Bonchev–Trinajstić information content (AvgIpc) is 2.86. The van der Waals surface area contributed by atoms with Crippen LogP contribution in [0.5, 0.6) is 0 Å². The smallest absolute Gasteiger partial charge is 0.373 e. The zero-order chi connectivity index (χ0) is 22.8. The van der Waals surface area contributed by atoms with Crippen LogP contribution in [0.3, 0.4) is 0 Å². The minimum atomic E-state index is -3.48. The molecule has 0 aliphatic rings. The van der Waals surface area contributed by atoms with E-state index in [2.05, 4.69) is 30.4 Å². The molecule has 0 spiro atoms. The lowest BCUT2D eigenvalue weighted by Crippen LogP contribution is -2.38. The highest BCUT2D eigenvalue weighted by Crippen LogP contribution is 2.14. The van der Waals surface area contributed by atoms with Crippen LogP contribution in [-0.2, 0) is 13.6 Å². The van der Waals surface area contributed by atoms with E-state index in [-0.39, 0.29) is 0 Å². The summed E-state index contributed by atoms with van der Waals surface area (Å²) in [4.78, 5) is 12.8. The second kappa shape index (κ2) is 10.9. The maximum absolute atomic E-state index is 5.71. The van der Waals surface area contributed by atoms with Gasteiger partial charge in [-0.2, -0.15) is 0 Å². The summed E-state index contributed by atoms with van der Waals surface area (Å²) in [5.41, 5.74) is 3.70. The fourth-order valence-electron chi connectivity index (χ4n) is 2.37. The van der Waals surface area contributed by atoms with Gasteiger partial charge in [0.15, 0.2) is 0 Å². The zero-order valence-corrected chi connectivity index (χ0v) is 19.3. The van der Waals surface area contributed by atoms with Crippen molar-refractivity contribution in [2.24, 2.45) is 15.5 Å². The lowest BCUT2D eigenvalue weighted by molar-refractivity contribution is 0.0730. The van der Waals surface area contributed by atoms with E-state index >= 15 is 0 Å². The van der Waals surface area contributed by atoms with Crippen LogP contribution < -0.4 is 0 Å². The molecule has 0 saturated heterocycles. The topological polar surface area (TPSA) is 103 Å². The van der Waals surface area contributed by atoms with Crippen molar-refractivity contribution in [3.8, 4) is 0 Å². The van der Waals surface area contributed by atoms with Gasteiger partial charge in [-0.1, -0.05) is 33.7 Å². The molecule has 3 aromatic rings.